The molecule has 0 bridgehead atoms. The first-order valence-corrected chi connectivity index (χ1v) is 2.37. The Morgan fingerprint density at radius 1 is 2.00 bits per heavy atom. The number of hydrogen-bond donors (Lipinski definition) is 2. The predicted molar refractivity (Wildman–Crippen MR) is 31.8 cm³/mol. The summed E-state index contributed by atoms with van der Waals surface area (Å²) in [5.74, 6) is 0. The van der Waals surface area contributed by atoms with E-state index in [0.717, 1.165) is 6.54 Å². The van der Waals surface area contributed by atoms with Crippen LogP contribution < -0.4 is 11.1 Å². The first-order chi connectivity index (χ1) is 3.27. The van der Waals surface area contributed by atoms with Crippen molar-refractivity contribution in [2.75, 3.05) is 6.54 Å². The van der Waals surface area contributed by atoms with Gasteiger partial charge in [0.15, 0.2) is 0 Å². The lowest BCUT2D eigenvalue weighted by molar-refractivity contribution is 0.607. The standard InChI is InChI=1S/C5H12N2/c1-3-4-7-5(2)6/h3,5,7H,1,4,6H2,2H3. The maximum atomic E-state index is 5.32. The van der Waals surface area contributed by atoms with Gasteiger partial charge < -0.3 is 5.73 Å². The summed E-state index contributed by atoms with van der Waals surface area (Å²) in [6.07, 6.45) is 1.86. The van der Waals surface area contributed by atoms with Crippen LogP contribution in [0.3, 0.4) is 0 Å². The molecule has 0 saturated heterocycles. The van der Waals surface area contributed by atoms with Gasteiger partial charge in [0.1, 0.15) is 0 Å². The molecule has 0 aromatic rings. The van der Waals surface area contributed by atoms with Gasteiger partial charge in [-0.1, -0.05) is 6.08 Å². The van der Waals surface area contributed by atoms with Crippen LogP contribution in [-0.4, -0.2) is 12.7 Å². The fourth-order valence-corrected chi connectivity index (χ4v) is 0.269. The van der Waals surface area contributed by atoms with Crippen molar-refractivity contribution in [3.8, 4) is 0 Å². The lowest BCUT2D eigenvalue weighted by atomic mass is 10.5. The molecule has 0 rings (SSSR count). The largest absolute Gasteiger partial charge is 0.316 e. The second-order valence-corrected chi connectivity index (χ2v) is 1.49. The molecule has 1 atom stereocenters. The third-order valence-electron chi connectivity index (χ3n) is 0.584. The minimum absolute atomic E-state index is 0.0815. The van der Waals surface area contributed by atoms with E-state index in [4.69, 9.17) is 5.73 Å². The van der Waals surface area contributed by atoms with Gasteiger partial charge >= 0.3 is 0 Å². The van der Waals surface area contributed by atoms with E-state index >= 15 is 0 Å². The van der Waals surface area contributed by atoms with Crippen LogP contribution in [0.15, 0.2) is 12.7 Å². The predicted octanol–water partition coefficient (Wildman–Crippen LogP) is 0.0667. The first-order valence-electron chi connectivity index (χ1n) is 2.37. The number of nitrogens with two attached hydrogens (primary N) is 1. The summed E-state index contributed by atoms with van der Waals surface area (Å²) in [4.78, 5) is 0. The van der Waals surface area contributed by atoms with E-state index in [2.05, 4.69) is 11.9 Å². The molecule has 0 heterocycles. The Balaban J connectivity index is 2.81. The molecule has 7 heavy (non-hydrogen) atoms. The molecular formula is C5H12N2. The SMILES string of the molecule is C=CCNC(C)N. The van der Waals surface area contributed by atoms with E-state index in [1.165, 1.54) is 0 Å². The van der Waals surface area contributed by atoms with Gasteiger partial charge in [-0.05, 0) is 6.92 Å². The molecule has 0 radical (unpaired) electrons. The fourth-order valence-electron chi connectivity index (χ4n) is 0.269. The normalized spacial score (nSPS) is 13.4. The Morgan fingerprint density at radius 3 is 2.71 bits per heavy atom. The summed E-state index contributed by atoms with van der Waals surface area (Å²) >= 11 is 0. The Bertz CT molecular complexity index is 50.0. The summed E-state index contributed by atoms with van der Waals surface area (Å²) in [7, 11) is 0. The van der Waals surface area contributed by atoms with Gasteiger partial charge in [0.05, 0.1) is 6.17 Å². The monoisotopic (exact) mass is 100 g/mol. The fraction of sp³-hybridized carbons (Fsp3) is 0.600. The third-order valence-corrected chi connectivity index (χ3v) is 0.584. The average molecular weight is 100 g/mol. The van der Waals surface area contributed by atoms with Crippen molar-refractivity contribution in [2.45, 2.75) is 13.1 Å². The Hall–Kier alpha value is -0.340. The van der Waals surface area contributed by atoms with Gasteiger partial charge in [0.2, 0.25) is 0 Å². The Kier molecular flexibility index (Phi) is 3.65. The lowest BCUT2D eigenvalue weighted by Crippen LogP contribution is -2.33. The zero-order valence-corrected chi connectivity index (χ0v) is 4.65. The van der Waals surface area contributed by atoms with E-state index in [9.17, 15) is 0 Å². The smallest absolute Gasteiger partial charge is 0.0519 e. The van der Waals surface area contributed by atoms with Crippen molar-refractivity contribution >= 4 is 0 Å². The maximum absolute atomic E-state index is 5.32. The van der Waals surface area contributed by atoms with Crippen LogP contribution in [0.2, 0.25) is 0 Å². The van der Waals surface area contributed by atoms with E-state index in [-0.39, 0.29) is 6.17 Å². The number of hydrogen-bond acceptors (Lipinski definition) is 2. The third kappa shape index (κ3) is 5.66. The van der Waals surface area contributed by atoms with Crippen LogP contribution in [0, 0.1) is 0 Å². The maximum Gasteiger partial charge on any atom is 0.0519 e. The molecule has 0 amide bonds. The number of rotatable bonds is 3. The van der Waals surface area contributed by atoms with Crippen molar-refractivity contribution in [2.24, 2.45) is 5.73 Å². The minimum Gasteiger partial charge on any atom is -0.316 e. The van der Waals surface area contributed by atoms with E-state index < -0.39 is 0 Å². The highest BCUT2D eigenvalue weighted by atomic mass is 15.0. The topological polar surface area (TPSA) is 38.0 Å². The van der Waals surface area contributed by atoms with Gasteiger partial charge in [-0.2, -0.15) is 0 Å². The Labute approximate surface area is 44.4 Å². The van der Waals surface area contributed by atoms with Gasteiger partial charge in [-0.15, -0.1) is 6.58 Å². The quantitative estimate of drug-likeness (QED) is 0.389. The molecule has 0 saturated carbocycles. The van der Waals surface area contributed by atoms with Crippen LogP contribution >= 0.6 is 0 Å². The Morgan fingerprint density at radius 2 is 2.57 bits per heavy atom. The van der Waals surface area contributed by atoms with Crippen LogP contribution in [-0.2, 0) is 0 Å². The molecule has 0 aliphatic carbocycles. The highest BCUT2D eigenvalue weighted by molar-refractivity contribution is 4.70. The average Bonchev–Trinajstić information content (AvgIpc) is 1.61. The molecule has 0 aromatic carbocycles. The second-order valence-electron chi connectivity index (χ2n) is 1.49. The van der Waals surface area contributed by atoms with Crippen molar-refractivity contribution < 1.29 is 0 Å². The van der Waals surface area contributed by atoms with Crippen LogP contribution in [0.25, 0.3) is 0 Å². The highest BCUT2D eigenvalue weighted by Crippen LogP contribution is 1.63. The second kappa shape index (κ2) is 3.84. The summed E-state index contributed by atoms with van der Waals surface area (Å²) in [6.45, 7) is 6.20. The molecule has 3 N–H and O–H groups in total. The lowest BCUT2D eigenvalue weighted by Gasteiger charge is -2.02. The van der Waals surface area contributed by atoms with Crippen molar-refractivity contribution in [1.29, 1.82) is 0 Å². The molecule has 2 nitrogen and oxygen atoms in total. The molecular weight excluding hydrogens is 88.1 g/mol. The van der Waals surface area contributed by atoms with Gasteiger partial charge in [-0.25, -0.2) is 0 Å². The zero-order valence-electron chi connectivity index (χ0n) is 4.65. The highest BCUT2D eigenvalue weighted by Gasteiger charge is 1.83. The van der Waals surface area contributed by atoms with E-state index in [0.29, 0.717) is 0 Å². The summed E-state index contributed by atoms with van der Waals surface area (Å²) in [5, 5.41) is 2.95. The van der Waals surface area contributed by atoms with Gasteiger partial charge in [0.25, 0.3) is 0 Å². The van der Waals surface area contributed by atoms with Crippen molar-refractivity contribution in [1.82, 2.24) is 5.32 Å². The van der Waals surface area contributed by atoms with E-state index in [1.54, 1.807) is 6.08 Å². The summed E-state index contributed by atoms with van der Waals surface area (Å²) in [6, 6.07) is 0. The molecule has 0 spiro atoms. The molecule has 1 unspecified atom stereocenters. The summed E-state index contributed by atoms with van der Waals surface area (Å²) < 4.78 is 0. The summed E-state index contributed by atoms with van der Waals surface area (Å²) in [5.41, 5.74) is 5.32. The molecule has 42 valence electrons. The molecule has 0 aliphatic rings. The molecule has 0 fully saturated rings. The van der Waals surface area contributed by atoms with Crippen molar-refractivity contribution in [3.05, 3.63) is 12.7 Å². The number of nitrogens with one attached hydrogen (secondary N) is 1. The minimum atomic E-state index is 0.0815. The zero-order chi connectivity index (χ0) is 5.70. The van der Waals surface area contributed by atoms with Gasteiger partial charge in [-0.3, -0.25) is 5.32 Å². The first kappa shape index (κ1) is 6.66. The molecule has 0 aromatic heterocycles. The van der Waals surface area contributed by atoms with Gasteiger partial charge in [0, 0.05) is 6.54 Å². The van der Waals surface area contributed by atoms with Crippen LogP contribution in [0.1, 0.15) is 6.92 Å². The molecule has 2 heteroatoms. The van der Waals surface area contributed by atoms with Crippen LogP contribution in [0.5, 0.6) is 0 Å². The van der Waals surface area contributed by atoms with Crippen LogP contribution in [0.4, 0.5) is 0 Å². The van der Waals surface area contributed by atoms with Crippen molar-refractivity contribution in [3.63, 3.8) is 0 Å². The van der Waals surface area contributed by atoms with E-state index in [1.807, 2.05) is 6.92 Å². The molecule has 0 aliphatic heterocycles.